The molecule has 1 N–H and O–H groups in total. The van der Waals surface area contributed by atoms with E-state index >= 15 is 0 Å². The highest BCUT2D eigenvalue weighted by molar-refractivity contribution is 5.98. The van der Waals surface area contributed by atoms with Gasteiger partial charge in [0, 0.05) is 6.54 Å². The standard InChI is InChI=1S/C22H25F3N2O2/c23-15-3-4-16(19(25)18(15)24)26-20(28)17-2-1-5-27(17)21(29)22-9-12-6-13(10-22)8-14(7-12)11-22/h3-4,12-14,17H,1-2,5-11H2,(H,26,28). The molecule has 1 unspecified atom stereocenters. The Hall–Kier alpha value is -2.05. The Kier molecular flexibility index (Phi) is 4.40. The molecule has 1 saturated heterocycles. The lowest BCUT2D eigenvalue weighted by Crippen LogP contribution is -2.56. The number of likely N-dealkylation sites (tertiary alicyclic amines) is 1. The first-order valence-corrected chi connectivity index (χ1v) is 10.6. The highest BCUT2D eigenvalue weighted by atomic mass is 19.2. The van der Waals surface area contributed by atoms with Crippen molar-refractivity contribution in [3.05, 3.63) is 29.6 Å². The molecule has 4 bridgehead atoms. The second-order valence-corrected chi connectivity index (χ2v) is 9.57. The van der Waals surface area contributed by atoms with Crippen LogP contribution in [0.3, 0.4) is 0 Å². The van der Waals surface area contributed by atoms with E-state index in [9.17, 15) is 22.8 Å². The minimum absolute atomic E-state index is 0.0695. The second kappa shape index (κ2) is 6.74. The molecule has 0 radical (unpaired) electrons. The Morgan fingerprint density at radius 1 is 0.966 bits per heavy atom. The Morgan fingerprint density at radius 3 is 2.21 bits per heavy atom. The van der Waals surface area contributed by atoms with Crippen LogP contribution in [0.25, 0.3) is 0 Å². The van der Waals surface area contributed by atoms with Crippen LogP contribution in [-0.2, 0) is 9.59 Å². The van der Waals surface area contributed by atoms with Crippen molar-refractivity contribution in [1.82, 2.24) is 4.90 Å². The van der Waals surface area contributed by atoms with Crippen molar-refractivity contribution in [2.45, 2.75) is 57.4 Å². The first kappa shape index (κ1) is 18.9. The number of hydrogen-bond acceptors (Lipinski definition) is 2. The third kappa shape index (κ3) is 3.04. The van der Waals surface area contributed by atoms with E-state index in [0.717, 1.165) is 31.4 Å². The molecule has 2 amide bonds. The monoisotopic (exact) mass is 406 g/mol. The van der Waals surface area contributed by atoms with Crippen LogP contribution in [0.15, 0.2) is 12.1 Å². The summed E-state index contributed by atoms with van der Waals surface area (Å²) in [6, 6.07) is 1.09. The van der Waals surface area contributed by atoms with Crippen molar-refractivity contribution >= 4 is 17.5 Å². The average molecular weight is 406 g/mol. The number of nitrogens with zero attached hydrogens (tertiary/aromatic N) is 1. The summed E-state index contributed by atoms with van der Waals surface area (Å²) in [5, 5.41) is 2.36. The summed E-state index contributed by atoms with van der Waals surface area (Å²) in [4.78, 5) is 28.1. The molecule has 5 aliphatic rings. The van der Waals surface area contributed by atoms with E-state index < -0.39 is 35.1 Å². The van der Waals surface area contributed by atoms with Gasteiger partial charge in [0.05, 0.1) is 11.1 Å². The fourth-order valence-corrected chi connectivity index (χ4v) is 6.80. The molecule has 1 atom stereocenters. The van der Waals surface area contributed by atoms with E-state index in [1.807, 2.05) is 0 Å². The molecule has 0 spiro atoms. The summed E-state index contributed by atoms with van der Waals surface area (Å²) >= 11 is 0. The molecule has 6 rings (SSSR count). The number of anilines is 1. The molecule has 1 aromatic rings. The van der Waals surface area contributed by atoms with Gasteiger partial charge in [-0.3, -0.25) is 9.59 Å². The normalized spacial score (nSPS) is 35.2. The van der Waals surface area contributed by atoms with Gasteiger partial charge in [-0.1, -0.05) is 0 Å². The van der Waals surface area contributed by atoms with E-state index in [-0.39, 0.29) is 11.3 Å². The molecule has 1 aliphatic heterocycles. The van der Waals surface area contributed by atoms with Crippen LogP contribution in [0, 0.1) is 40.6 Å². The minimum atomic E-state index is -1.62. The number of carbonyl (C=O) groups is 2. The zero-order valence-corrected chi connectivity index (χ0v) is 16.2. The van der Waals surface area contributed by atoms with Crippen LogP contribution in [0.4, 0.5) is 18.9 Å². The molecule has 1 aromatic carbocycles. The summed E-state index contributed by atoms with van der Waals surface area (Å²) in [5.74, 6) is -2.94. The van der Waals surface area contributed by atoms with Gasteiger partial charge in [0.15, 0.2) is 17.5 Å². The third-order valence-electron chi connectivity index (χ3n) is 7.60. The van der Waals surface area contributed by atoms with Crippen LogP contribution < -0.4 is 5.32 Å². The molecule has 7 heteroatoms. The number of carbonyl (C=O) groups excluding carboxylic acids is 2. The lowest BCUT2D eigenvalue weighted by molar-refractivity contribution is -0.160. The first-order chi connectivity index (χ1) is 13.9. The largest absolute Gasteiger partial charge is 0.330 e. The van der Waals surface area contributed by atoms with Gasteiger partial charge in [-0.05, 0) is 81.3 Å². The number of hydrogen-bond donors (Lipinski definition) is 1. The van der Waals surface area contributed by atoms with E-state index in [0.29, 0.717) is 37.1 Å². The first-order valence-electron chi connectivity index (χ1n) is 10.6. The molecule has 0 aromatic heterocycles. The number of nitrogens with one attached hydrogen (secondary N) is 1. The zero-order chi connectivity index (χ0) is 20.3. The van der Waals surface area contributed by atoms with E-state index in [2.05, 4.69) is 5.32 Å². The van der Waals surface area contributed by atoms with E-state index in [1.165, 1.54) is 19.3 Å². The number of halogens is 3. The molecule has 4 nitrogen and oxygen atoms in total. The molecule has 29 heavy (non-hydrogen) atoms. The second-order valence-electron chi connectivity index (χ2n) is 9.57. The highest BCUT2D eigenvalue weighted by Crippen LogP contribution is 2.60. The maximum Gasteiger partial charge on any atom is 0.247 e. The number of rotatable bonds is 3. The van der Waals surface area contributed by atoms with E-state index in [4.69, 9.17) is 0 Å². The summed E-state index contributed by atoms with van der Waals surface area (Å²) in [6.45, 7) is 0.513. The summed E-state index contributed by atoms with van der Waals surface area (Å²) in [5.41, 5.74) is -0.742. The SMILES string of the molecule is O=C(Nc1ccc(F)c(F)c1F)C1CCCN1C(=O)C12CC3CC(CC(C3)C1)C2. The Morgan fingerprint density at radius 2 is 1.59 bits per heavy atom. The fraction of sp³-hybridized carbons (Fsp3) is 0.636. The van der Waals surface area contributed by atoms with Gasteiger partial charge in [-0.15, -0.1) is 0 Å². The summed E-state index contributed by atoms with van der Waals surface area (Å²) in [6.07, 6.45) is 7.64. The highest BCUT2D eigenvalue weighted by Gasteiger charge is 2.56. The fourth-order valence-electron chi connectivity index (χ4n) is 6.80. The van der Waals surface area contributed by atoms with Crippen LogP contribution in [0.2, 0.25) is 0 Å². The van der Waals surface area contributed by atoms with Crippen LogP contribution in [0.5, 0.6) is 0 Å². The van der Waals surface area contributed by atoms with Crippen molar-refractivity contribution < 1.29 is 22.8 Å². The molecular formula is C22H25F3N2O2. The summed E-state index contributed by atoms with van der Waals surface area (Å²) in [7, 11) is 0. The predicted octanol–water partition coefficient (Wildman–Crippen LogP) is 4.25. The molecule has 4 saturated carbocycles. The third-order valence-corrected chi connectivity index (χ3v) is 7.60. The lowest BCUT2D eigenvalue weighted by atomic mass is 9.49. The maximum atomic E-state index is 14.0. The number of benzene rings is 1. The predicted molar refractivity (Wildman–Crippen MR) is 100 cm³/mol. The molecule has 4 aliphatic carbocycles. The van der Waals surface area contributed by atoms with Gasteiger partial charge in [-0.2, -0.15) is 0 Å². The zero-order valence-electron chi connectivity index (χ0n) is 16.2. The quantitative estimate of drug-likeness (QED) is 0.763. The van der Waals surface area contributed by atoms with Gasteiger partial charge in [0.2, 0.25) is 11.8 Å². The Bertz CT molecular complexity index is 837. The summed E-state index contributed by atoms with van der Waals surface area (Å²) < 4.78 is 40.6. The maximum absolute atomic E-state index is 14.0. The van der Waals surface area contributed by atoms with E-state index in [1.54, 1.807) is 4.90 Å². The Balaban J connectivity index is 1.34. The molecule has 5 fully saturated rings. The van der Waals surface area contributed by atoms with Crippen molar-refractivity contribution in [3.63, 3.8) is 0 Å². The van der Waals surface area contributed by atoms with Gasteiger partial charge in [0.1, 0.15) is 6.04 Å². The number of amides is 2. The van der Waals surface area contributed by atoms with Crippen molar-refractivity contribution in [2.24, 2.45) is 23.2 Å². The van der Waals surface area contributed by atoms with Crippen LogP contribution >= 0.6 is 0 Å². The average Bonchev–Trinajstić information content (AvgIpc) is 3.16. The minimum Gasteiger partial charge on any atom is -0.330 e. The van der Waals surface area contributed by atoms with Crippen molar-refractivity contribution in [1.29, 1.82) is 0 Å². The van der Waals surface area contributed by atoms with Crippen LogP contribution in [0.1, 0.15) is 51.4 Å². The molecule has 1 heterocycles. The van der Waals surface area contributed by atoms with Crippen LogP contribution in [-0.4, -0.2) is 29.3 Å². The van der Waals surface area contributed by atoms with Gasteiger partial charge in [0.25, 0.3) is 0 Å². The Labute approximate surface area is 167 Å². The van der Waals surface area contributed by atoms with Gasteiger partial charge >= 0.3 is 0 Å². The smallest absolute Gasteiger partial charge is 0.247 e. The topological polar surface area (TPSA) is 49.4 Å². The van der Waals surface area contributed by atoms with Gasteiger partial charge in [-0.25, -0.2) is 13.2 Å². The molecular weight excluding hydrogens is 381 g/mol. The van der Waals surface area contributed by atoms with Crippen molar-refractivity contribution in [3.8, 4) is 0 Å². The van der Waals surface area contributed by atoms with Gasteiger partial charge < -0.3 is 10.2 Å². The van der Waals surface area contributed by atoms with Crippen molar-refractivity contribution in [2.75, 3.05) is 11.9 Å². The molecule has 156 valence electrons. The lowest BCUT2D eigenvalue weighted by Gasteiger charge is -2.56.